The van der Waals surface area contributed by atoms with Crippen LogP contribution in [0.4, 0.5) is 11.9 Å². The fourth-order valence-electron chi connectivity index (χ4n) is 1.81. The second kappa shape index (κ2) is 4.35. The maximum atomic E-state index is 5.05. The van der Waals surface area contributed by atoms with Crippen LogP contribution in [0.3, 0.4) is 0 Å². The molecule has 1 saturated carbocycles. The van der Waals surface area contributed by atoms with Gasteiger partial charge < -0.3 is 15.4 Å². The van der Waals surface area contributed by atoms with Gasteiger partial charge in [0.2, 0.25) is 11.9 Å². The molecule has 0 saturated heterocycles. The molecule has 17 heavy (non-hydrogen) atoms. The number of aromatic nitrogens is 3. The van der Waals surface area contributed by atoms with Crippen LogP contribution in [-0.4, -0.2) is 34.6 Å². The fourth-order valence-corrected chi connectivity index (χ4v) is 1.81. The molecule has 1 aromatic rings. The maximum absolute atomic E-state index is 5.05. The number of nitrogens with zero attached hydrogens (tertiary/aromatic N) is 3. The number of ether oxygens (including phenoxy) is 1. The molecule has 2 rings (SSSR count). The first-order chi connectivity index (χ1) is 8.05. The van der Waals surface area contributed by atoms with E-state index in [-0.39, 0.29) is 5.54 Å². The average molecular weight is 237 g/mol. The molecule has 6 heteroatoms. The monoisotopic (exact) mass is 237 g/mol. The molecule has 1 fully saturated rings. The van der Waals surface area contributed by atoms with Gasteiger partial charge in [0.1, 0.15) is 0 Å². The number of anilines is 2. The Balaban J connectivity index is 2.19. The van der Waals surface area contributed by atoms with E-state index in [1.54, 1.807) is 14.2 Å². The van der Waals surface area contributed by atoms with Crippen LogP contribution in [-0.2, 0) is 0 Å². The van der Waals surface area contributed by atoms with Crippen molar-refractivity contribution in [3.8, 4) is 6.01 Å². The number of hydrogen-bond acceptors (Lipinski definition) is 6. The summed E-state index contributed by atoms with van der Waals surface area (Å²) in [5.41, 5.74) is 0.0113. The lowest BCUT2D eigenvalue weighted by atomic mass is 9.99. The molecule has 0 bridgehead atoms. The van der Waals surface area contributed by atoms with Crippen LogP contribution in [0.25, 0.3) is 0 Å². The SMILES string of the molecule is CNc1nc(NC(C)(C)C2CC2)nc(OC)n1. The number of methoxy groups -OCH3 is 1. The molecular formula is C11H19N5O. The third-order valence-electron chi connectivity index (χ3n) is 3.05. The Morgan fingerprint density at radius 1 is 1.18 bits per heavy atom. The second-order valence-corrected chi connectivity index (χ2v) is 4.84. The van der Waals surface area contributed by atoms with Gasteiger partial charge in [-0.3, -0.25) is 0 Å². The van der Waals surface area contributed by atoms with Crippen LogP contribution in [0.1, 0.15) is 26.7 Å². The van der Waals surface area contributed by atoms with Gasteiger partial charge in [-0.1, -0.05) is 0 Å². The Hall–Kier alpha value is -1.59. The van der Waals surface area contributed by atoms with Crippen molar-refractivity contribution in [3.63, 3.8) is 0 Å². The third-order valence-corrected chi connectivity index (χ3v) is 3.05. The van der Waals surface area contributed by atoms with E-state index >= 15 is 0 Å². The van der Waals surface area contributed by atoms with Crippen LogP contribution < -0.4 is 15.4 Å². The molecule has 2 N–H and O–H groups in total. The Bertz CT molecular complexity index is 381. The summed E-state index contributed by atoms with van der Waals surface area (Å²) >= 11 is 0. The number of hydrogen-bond donors (Lipinski definition) is 2. The first-order valence-electron chi connectivity index (χ1n) is 5.81. The molecule has 1 aliphatic carbocycles. The summed E-state index contributed by atoms with van der Waals surface area (Å²) < 4.78 is 5.05. The van der Waals surface area contributed by atoms with Crippen LogP contribution >= 0.6 is 0 Å². The first kappa shape index (κ1) is 11.9. The van der Waals surface area contributed by atoms with E-state index < -0.39 is 0 Å². The zero-order valence-corrected chi connectivity index (χ0v) is 10.7. The summed E-state index contributed by atoms with van der Waals surface area (Å²) in [5, 5.41) is 6.24. The van der Waals surface area contributed by atoms with Gasteiger partial charge in [0.05, 0.1) is 7.11 Å². The van der Waals surface area contributed by atoms with Crippen molar-refractivity contribution < 1.29 is 4.74 Å². The highest BCUT2D eigenvalue weighted by Gasteiger charge is 2.38. The molecule has 0 aliphatic heterocycles. The standard InChI is InChI=1S/C11H19N5O/c1-11(2,7-5-6-7)16-9-13-8(12-3)14-10(15-9)17-4/h7H,5-6H2,1-4H3,(H2,12,13,14,15,16). The predicted molar refractivity (Wildman–Crippen MR) is 66.4 cm³/mol. The molecule has 6 nitrogen and oxygen atoms in total. The summed E-state index contributed by atoms with van der Waals surface area (Å²) in [6, 6.07) is 0.318. The zero-order chi connectivity index (χ0) is 12.5. The van der Waals surface area contributed by atoms with Crippen molar-refractivity contribution in [1.29, 1.82) is 0 Å². The van der Waals surface area contributed by atoms with E-state index in [9.17, 15) is 0 Å². The van der Waals surface area contributed by atoms with Gasteiger partial charge in [0.25, 0.3) is 0 Å². The topological polar surface area (TPSA) is 72.0 Å². The van der Waals surface area contributed by atoms with Crippen LogP contribution in [0, 0.1) is 5.92 Å². The van der Waals surface area contributed by atoms with Gasteiger partial charge in [-0.2, -0.15) is 15.0 Å². The first-order valence-corrected chi connectivity index (χ1v) is 5.81. The molecule has 0 atom stereocenters. The summed E-state index contributed by atoms with van der Waals surface area (Å²) in [6.45, 7) is 4.33. The Labute approximate surface area is 101 Å². The molecule has 0 unspecified atom stereocenters. The highest BCUT2D eigenvalue weighted by molar-refractivity contribution is 5.37. The van der Waals surface area contributed by atoms with Crippen molar-refractivity contribution >= 4 is 11.9 Å². The summed E-state index contributed by atoms with van der Waals surface area (Å²) in [5.74, 6) is 1.76. The van der Waals surface area contributed by atoms with Gasteiger partial charge in [-0.25, -0.2) is 0 Å². The molecule has 0 amide bonds. The molecule has 1 aromatic heterocycles. The average Bonchev–Trinajstić information content (AvgIpc) is 3.11. The minimum Gasteiger partial charge on any atom is -0.467 e. The van der Waals surface area contributed by atoms with Gasteiger partial charge in [0, 0.05) is 12.6 Å². The minimum atomic E-state index is 0.0113. The summed E-state index contributed by atoms with van der Waals surface area (Å²) in [7, 11) is 3.31. The Kier molecular flexibility index (Phi) is 3.04. The van der Waals surface area contributed by atoms with Crippen molar-refractivity contribution in [1.82, 2.24) is 15.0 Å². The molecule has 1 heterocycles. The largest absolute Gasteiger partial charge is 0.467 e. The number of rotatable bonds is 5. The van der Waals surface area contributed by atoms with Crippen molar-refractivity contribution in [2.45, 2.75) is 32.2 Å². The van der Waals surface area contributed by atoms with Gasteiger partial charge >= 0.3 is 6.01 Å². The van der Waals surface area contributed by atoms with E-state index in [1.807, 2.05) is 0 Å². The molecule has 0 aromatic carbocycles. The van der Waals surface area contributed by atoms with Crippen molar-refractivity contribution in [3.05, 3.63) is 0 Å². The minimum absolute atomic E-state index is 0.0113. The van der Waals surface area contributed by atoms with Gasteiger partial charge in [0.15, 0.2) is 0 Å². The molecular weight excluding hydrogens is 218 g/mol. The third kappa shape index (κ3) is 2.75. The Morgan fingerprint density at radius 2 is 1.82 bits per heavy atom. The molecule has 1 aliphatic rings. The van der Waals surface area contributed by atoms with E-state index in [2.05, 4.69) is 39.4 Å². The van der Waals surface area contributed by atoms with E-state index in [4.69, 9.17) is 4.74 Å². The lowest BCUT2D eigenvalue weighted by Crippen LogP contribution is -2.34. The van der Waals surface area contributed by atoms with E-state index in [0.717, 1.165) is 0 Å². The van der Waals surface area contributed by atoms with Crippen molar-refractivity contribution in [2.75, 3.05) is 24.8 Å². The van der Waals surface area contributed by atoms with Crippen LogP contribution in [0.5, 0.6) is 6.01 Å². The van der Waals surface area contributed by atoms with Gasteiger partial charge in [-0.05, 0) is 32.6 Å². The van der Waals surface area contributed by atoms with Crippen molar-refractivity contribution in [2.24, 2.45) is 5.92 Å². The lowest BCUT2D eigenvalue weighted by molar-refractivity contribution is 0.378. The van der Waals surface area contributed by atoms with Crippen LogP contribution in [0.15, 0.2) is 0 Å². The maximum Gasteiger partial charge on any atom is 0.322 e. The zero-order valence-electron chi connectivity index (χ0n) is 10.7. The predicted octanol–water partition coefficient (Wildman–Crippen LogP) is 1.52. The Morgan fingerprint density at radius 3 is 2.35 bits per heavy atom. The fraction of sp³-hybridized carbons (Fsp3) is 0.727. The molecule has 94 valence electrons. The quantitative estimate of drug-likeness (QED) is 0.809. The van der Waals surface area contributed by atoms with Crippen LogP contribution in [0.2, 0.25) is 0 Å². The molecule has 0 spiro atoms. The summed E-state index contributed by atoms with van der Waals surface area (Å²) in [4.78, 5) is 12.5. The highest BCUT2D eigenvalue weighted by Crippen LogP contribution is 2.40. The summed E-state index contributed by atoms with van der Waals surface area (Å²) in [6.07, 6.45) is 2.53. The number of nitrogens with one attached hydrogen (secondary N) is 2. The van der Waals surface area contributed by atoms with E-state index in [1.165, 1.54) is 12.8 Å². The normalized spacial score (nSPS) is 15.5. The van der Waals surface area contributed by atoms with Gasteiger partial charge in [-0.15, -0.1) is 0 Å². The highest BCUT2D eigenvalue weighted by atomic mass is 16.5. The van der Waals surface area contributed by atoms with E-state index in [0.29, 0.717) is 23.8 Å². The smallest absolute Gasteiger partial charge is 0.322 e. The second-order valence-electron chi connectivity index (χ2n) is 4.84. The molecule has 0 radical (unpaired) electrons. The lowest BCUT2D eigenvalue weighted by Gasteiger charge is -2.26.